The molecule has 0 aromatic heterocycles. The van der Waals surface area contributed by atoms with E-state index in [-0.39, 0.29) is 0 Å². The molecule has 0 bridgehead atoms. The second kappa shape index (κ2) is 16.2. The van der Waals surface area contributed by atoms with Crippen molar-refractivity contribution >= 4 is 11.4 Å². The fourth-order valence-electron chi connectivity index (χ4n) is 1.21. The zero-order valence-electron chi connectivity index (χ0n) is 12.9. The van der Waals surface area contributed by atoms with Gasteiger partial charge in [-0.25, -0.2) is 0 Å². The van der Waals surface area contributed by atoms with Gasteiger partial charge in [0.05, 0.1) is 0 Å². The summed E-state index contributed by atoms with van der Waals surface area (Å²) in [5, 5.41) is 3.30. The van der Waals surface area contributed by atoms with Crippen molar-refractivity contribution in [2.45, 2.75) is 27.7 Å². The van der Waals surface area contributed by atoms with Gasteiger partial charge in [0.15, 0.2) is 0 Å². The van der Waals surface area contributed by atoms with Gasteiger partial charge in [-0.05, 0) is 31.3 Å². The van der Waals surface area contributed by atoms with Crippen LogP contribution >= 0.6 is 0 Å². The summed E-state index contributed by atoms with van der Waals surface area (Å²) >= 11 is 0. The first-order valence-corrected chi connectivity index (χ1v) is 6.90. The lowest BCUT2D eigenvalue weighted by atomic mass is 10.3. The average molecular weight is 260 g/mol. The van der Waals surface area contributed by atoms with Gasteiger partial charge in [0.2, 0.25) is 0 Å². The van der Waals surface area contributed by atoms with Crippen molar-refractivity contribution in [2.24, 2.45) is 5.73 Å². The normalized spacial score (nSPS) is 7.47. The van der Waals surface area contributed by atoms with Crippen LogP contribution in [0.5, 0.6) is 0 Å². The van der Waals surface area contributed by atoms with E-state index in [9.17, 15) is 0 Å². The van der Waals surface area contributed by atoms with Gasteiger partial charge < -0.3 is 11.1 Å². The lowest BCUT2D eigenvalue weighted by molar-refractivity contribution is 1.48. The zero-order chi connectivity index (χ0) is 14.9. The van der Waals surface area contributed by atoms with Crippen LogP contribution in [0.4, 0.5) is 11.4 Å². The summed E-state index contributed by atoms with van der Waals surface area (Å²) in [7, 11) is 1.50. The van der Waals surface area contributed by atoms with Gasteiger partial charge >= 0.3 is 0 Å². The number of nitrogens with one attached hydrogen (secondary N) is 1. The maximum atomic E-state index is 4.50. The number of hydrogen-bond donors (Lipinski definition) is 2. The number of benzene rings is 2. The molecule has 2 nitrogen and oxygen atoms in total. The highest BCUT2D eigenvalue weighted by molar-refractivity contribution is 5.58. The van der Waals surface area contributed by atoms with Crippen LogP contribution in [-0.4, -0.2) is 7.05 Å². The van der Waals surface area contributed by atoms with Crippen LogP contribution in [0, 0.1) is 0 Å². The van der Waals surface area contributed by atoms with Gasteiger partial charge in [-0.15, -0.1) is 0 Å². The summed E-state index contributed by atoms with van der Waals surface area (Å²) in [6.07, 6.45) is 0. The summed E-state index contributed by atoms with van der Waals surface area (Å²) in [4.78, 5) is 0. The summed E-state index contributed by atoms with van der Waals surface area (Å²) in [5.41, 5.74) is 6.74. The highest BCUT2D eigenvalue weighted by Crippen LogP contribution is 2.14. The summed E-state index contributed by atoms with van der Waals surface area (Å²) in [6, 6.07) is 20.3. The van der Waals surface area contributed by atoms with Crippen molar-refractivity contribution in [1.82, 2.24) is 0 Å². The number of anilines is 2. The molecule has 0 radical (unpaired) electrons. The van der Waals surface area contributed by atoms with Gasteiger partial charge in [0.1, 0.15) is 0 Å². The predicted octanol–water partition coefficient (Wildman–Crippen LogP) is 5.06. The molecule has 0 heterocycles. The Morgan fingerprint density at radius 2 is 0.842 bits per heavy atom. The fourth-order valence-corrected chi connectivity index (χ4v) is 1.21. The molecular weight excluding hydrogens is 232 g/mol. The molecule has 0 saturated carbocycles. The molecule has 0 aliphatic rings. The molecule has 2 rings (SSSR count). The van der Waals surface area contributed by atoms with Gasteiger partial charge in [-0.2, -0.15) is 0 Å². The monoisotopic (exact) mass is 260 g/mol. The Morgan fingerprint density at radius 3 is 1.11 bits per heavy atom. The molecule has 2 aromatic carbocycles. The quantitative estimate of drug-likeness (QED) is 0.792. The van der Waals surface area contributed by atoms with Crippen molar-refractivity contribution < 1.29 is 0 Å². The van der Waals surface area contributed by atoms with Gasteiger partial charge in [0, 0.05) is 11.4 Å². The third-order valence-electron chi connectivity index (χ3n) is 1.84. The van der Waals surface area contributed by atoms with Crippen molar-refractivity contribution in [2.75, 3.05) is 12.4 Å². The maximum absolute atomic E-state index is 4.50. The van der Waals surface area contributed by atoms with Crippen molar-refractivity contribution in [3.63, 3.8) is 0 Å². The minimum absolute atomic E-state index is 1.12. The van der Waals surface area contributed by atoms with E-state index in [4.69, 9.17) is 0 Å². The molecule has 0 aliphatic heterocycles. The molecule has 0 amide bonds. The Kier molecular flexibility index (Phi) is 16.7. The first kappa shape index (κ1) is 19.5. The predicted molar refractivity (Wildman–Crippen MR) is 89.0 cm³/mol. The average Bonchev–Trinajstić information content (AvgIpc) is 2.55. The van der Waals surface area contributed by atoms with Gasteiger partial charge in [-0.3, -0.25) is 0 Å². The van der Waals surface area contributed by atoms with Crippen LogP contribution in [-0.2, 0) is 0 Å². The Morgan fingerprint density at radius 1 is 0.579 bits per heavy atom. The molecule has 0 unspecified atom stereocenters. The molecule has 0 spiro atoms. The molecule has 0 aliphatic carbocycles. The van der Waals surface area contributed by atoms with E-state index in [0.717, 1.165) is 11.4 Å². The van der Waals surface area contributed by atoms with E-state index >= 15 is 0 Å². The zero-order valence-corrected chi connectivity index (χ0v) is 12.9. The van der Waals surface area contributed by atoms with E-state index in [2.05, 4.69) is 11.1 Å². The lowest BCUT2D eigenvalue weighted by Gasteiger charge is -2.04. The van der Waals surface area contributed by atoms with Crippen LogP contribution in [0.15, 0.2) is 60.7 Å². The molecule has 0 saturated heterocycles. The highest BCUT2D eigenvalue weighted by Gasteiger charge is 1.89. The van der Waals surface area contributed by atoms with Crippen LogP contribution in [0.3, 0.4) is 0 Å². The largest absolute Gasteiger partial charge is 0.356 e. The SMILES string of the molecule is CC.CC.CN.c1ccc(Nc2ccccc2)cc1. The van der Waals surface area contributed by atoms with Crippen molar-refractivity contribution in [1.29, 1.82) is 0 Å². The second-order valence-electron chi connectivity index (χ2n) is 2.86. The summed E-state index contributed by atoms with van der Waals surface area (Å²) in [6.45, 7) is 8.00. The number of nitrogens with two attached hydrogens (primary N) is 1. The van der Waals surface area contributed by atoms with E-state index in [0.29, 0.717) is 0 Å². The summed E-state index contributed by atoms with van der Waals surface area (Å²) < 4.78 is 0. The standard InChI is InChI=1S/C12H11N.2C2H6.CH5N/c1-3-7-11(8-4-1)13-12-9-5-2-6-10-12;3*1-2/h1-10,13H;2*1-2H3;2H2,1H3. The molecule has 106 valence electrons. The Labute approximate surface area is 118 Å². The van der Waals surface area contributed by atoms with E-state index in [1.807, 2.05) is 88.4 Å². The topological polar surface area (TPSA) is 38.0 Å². The third-order valence-corrected chi connectivity index (χ3v) is 1.84. The van der Waals surface area contributed by atoms with Crippen molar-refractivity contribution in [3.8, 4) is 0 Å². The third kappa shape index (κ3) is 9.86. The first-order valence-electron chi connectivity index (χ1n) is 6.90. The minimum Gasteiger partial charge on any atom is -0.356 e. The molecule has 3 N–H and O–H groups in total. The number of rotatable bonds is 2. The van der Waals surface area contributed by atoms with Crippen molar-refractivity contribution in [3.05, 3.63) is 60.7 Å². The van der Waals surface area contributed by atoms with E-state index in [1.54, 1.807) is 0 Å². The molecule has 0 atom stereocenters. The lowest BCUT2D eigenvalue weighted by Crippen LogP contribution is -1.87. The molecule has 2 heteroatoms. The first-order chi connectivity index (χ1) is 9.45. The molecular formula is C17H28N2. The highest BCUT2D eigenvalue weighted by atomic mass is 14.9. The summed E-state index contributed by atoms with van der Waals surface area (Å²) in [5.74, 6) is 0. The van der Waals surface area contributed by atoms with Gasteiger partial charge in [0.25, 0.3) is 0 Å². The van der Waals surface area contributed by atoms with Crippen LogP contribution < -0.4 is 11.1 Å². The van der Waals surface area contributed by atoms with E-state index < -0.39 is 0 Å². The Hall–Kier alpha value is -1.80. The Balaban J connectivity index is 0. The molecule has 2 aromatic rings. The van der Waals surface area contributed by atoms with Crippen LogP contribution in [0.25, 0.3) is 0 Å². The maximum Gasteiger partial charge on any atom is 0.0384 e. The van der Waals surface area contributed by atoms with Gasteiger partial charge in [-0.1, -0.05) is 64.1 Å². The van der Waals surface area contributed by atoms with Crippen LogP contribution in [0.2, 0.25) is 0 Å². The second-order valence-corrected chi connectivity index (χ2v) is 2.86. The minimum atomic E-state index is 1.12. The van der Waals surface area contributed by atoms with Crippen LogP contribution in [0.1, 0.15) is 27.7 Å². The number of hydrogen-bond acceptors (Lipinski definition) is 2. The molecule has 0 fully saturated rings. The smallest absolute Gasteiger partial charge is 0.0384 e. The molecule has 19 heavy (non-hydrogen) atoms. The number of para-hydroxylation sites is 2. The fraction of sp³-hybridized carbons (Fsp3) is 0.294. The Bertz CT molecular complexity index is 320. The van der Waals surface area contributed by atoms with E-state index in [1.165, 1.54) is 7.05 Å².